The number of carbonyl (C=O) groups excluding carboxylic acids is 1. The molecule has 0 radical (unpaired) electrons. The first-order valence-corrected chi connectivity index (χ1v) is 12.0. The largest absolute Gasteiger partial charge is 0.416 e. The van der Waals surface area contributed by atoms with Gasteiger partial charge in [0.1, 0.15) is 5.82 Å². The molecule has 0 saturated heterocycles. The van der Waals surface area contributed by atoms with Gasteiger partial charge in [-0.1, -0.05) is 0 Å². The number of sulfonamides is 1. The average Bonchev–Trinajstić information content (AvgIpc) is 3.33. The predicted molar refractivity (Wildman–Crippen MR) is 120 cm³/mol. The molecule has 0 spiro atoms. The van der Waals surface area contributed by atoms with E-state index in [-0.39, 0.29) is 22.1 Å². The van der Waals surface area contributed by atoms with E-state index < -0.39 is 21.8 Å². The summed E-state index contributed by atoms with van der Waals surface area (Å²) in [6, 6.07) is 7.84. The van der Waals surface area contributed by atoms with Gasteiger partial charge in [-0.25, -0.2) is 13.4 Å². The van der Waals surface area contributed by atoms with E-state index in [1.54, 1.807) is 6.08 Å². The average molecular weight is 488 g/mol. The van der Waals surface area contributed by atoms with Gasteiger partial charge in [0.05, 0.1) is 21.7 Å². The Hall–Kier alpha value is -3.60. The first-order chi connectivity index (χ1) is 16.1. The maximum Gasteiger partial charge on any atom is 0.416 e. The van der Waals surface area contributed by atoms with Crippen molar-refractivity contribution in [1.82, 2.24) is 9.97 Å². The number of halogens is 3. The Morgan fingerprint density at radius 3 is 2.47 bits per heavy atom. The number of imidazole rings is 1. The highest BCUT2D eigenvalue weighted by Crippen LogP contribution is 2.35. The van der Waals surface area contributed by atoms with Crippen molar-refractivity contribution in [3.8, 4) is 0 Å². The molecule has 0 unspecified atom stereocenters. The van der Waals surface area contributed by atoms with Gasteiger partial charge in [0.25, 0.3) is 15.9 Å². The van der Waals surface area contributed by atoms with Crippen molar-refractivity contribution >= 4 is 39.0 Å². The zero-order valence-electron chi connectivity index (χ0n) is 17.7. The number of aromatic amines is 1. The molecule has 11 heteroatoms. The number of hydrogen-bond donors (Lipinski definition) is 3. The molecule has 3 aromatic rings. The number of aromatic nitrogens is 2. The molecule has 2 aliphatic rings. The lowest BCUT2D eigenvalue weighted by Gasteiger charge is -2.11. The lowest BCUT2D eigenvalue weighted by Crippen LogP contribution is -2.13. The van der Waals surface area contributed by atoms with Crippen molar-refractivity contribution in [1.29, 1.82) is 0 Å². The Bertz CT molecular complexity index is 1400. The molecular formula is C23H19F3N4O3S. The molecule has 34 heavy (non-hydrogen) atoms. The van der Waals surface area contributed by atoms with Gasteiger partial charge in [-0.05, 0) is 74.2 Å². The smallest absolute Gasteiger partial charge is 0.342 e. The van der Waals surface area contributed by atoms with E-state index in [4.69, 9.17) is 0 Å². The fourth-order valence-electron chi connectivity index (χ4n) is 4.10. The molecule has 2 aromatic carbocycles. The molecule has 2 heterocycles. The molecule has 7 nitrogen and oxygen atoms in total. The highest BCUT2D eigenvalue weighted by atomic mass is 32.2. The number of nitrogens with zero attached hydrogens (tertiary/aromatic N) is 1. The highest BCUT2D eigenvalue weighted by molar-refractivity contribution is 7.92. The standard InChI is InChI=1S/C23H19F3N4O3S/c24-23(25,26)13-5-7-14(8-6-13)30-34(32,33)15-9-10-18-16(11-15)17(22(31)29-18)12-21-27-19-3-1-2-4-20(19)28-21/h5-12,30H,1-4H2,(H,27,28)(H,29,31). The quantitative estimate of drug-likeness (QED) is 0.467. The molecule has 1 aliphatic heterocycles. The first-order valence-electron chi connectivity index (χ1n) is 10.6. The van der Waals surface area contributed by atoms with Gasteiger partial charge in [-0.3, -0.25) is 9.52 Å². The van der Waals surface area contributed by atoms with Crippen molar-refractivity contribution in [2.45, 2.75) is 36.8 Å². The maximum absolute atomic E-state index is 12.9. The number of amides is 1. The third-order valence-electron chi connectivity index (χ3n) is 5.80. The molecule has 0 saturated carbocycles. The lowest BCUT2D eigenvalue weighted by molar-refractivity contribution is -0.137. The maximum atomic E-state index is 12.9. The molecule has 176 valence electrons. The summed E-state index contributed by atoms with van der Waals surface area (Å²) in [4.78, 5) is 20.2. The van der Waals surface area contributed by atoms with Gasteiger partial charge in [-0.2, -0.15) is 13.2 Å². The number of fused-ring (bicyclic) bond motifs is 2. The number of carbonyl (C=O) groups is 1. The Morgan fingerprint density at radius 1 is 1.03 bits per heavy atom. The summed E-state index contributed by atoms with van der Waals surface area (Å²) in [5, 5.41) is 2.71. The van der Waals surface area contributed by atoms with Crippen LogP contribution in [-0.4, -0.2) is 24.3 Å². The molecular weight excluding hydrogens is 469 g/mol. The topological polar surface area (TPSA) is 104 Å². The zero-order chi connectivity index (χ0) is 24.1. The molecule has 0 fully saturated rings. The van der Waals surface area contributed by atoms with E-state index >= 15 is 0 Å². The molecule has 5 rings (SSSR count). The number of H-pyrrole nitrogens is 1. The van der Waals surface area contributed by atoms with Crippen LogP contribution in [0.5, 0.6) is 0 Å². The SMILES string of the molecule is O=C1Nc2ccc(S(=O)(=O)Nc3ccc(C(F)(F)F)cc3)cc2C1=Cc1nc2c([nH]1)CCCC2. The van der Waals surface area contributed by atoms with Crippen LogP contribution < -0.4 is 10.0 Å². The summed E-state index contributed by atoms with van der Waals surface area (Å²) in [6.07, 6.45) is 0.972. The summed E-state index contributed by atoms with van der Waals surface area (Å²) in [7, 11) is -4.12. The number of alkyl halides is 3. The summed E-state index contributed by atoms with van der Waals surface area (Å²) < 4.78 is 66.3. The normalized spacial score (nSPS) is 16.8. The Kier molecular flexibility index (Phi) is 5.23. The Morgan fingerprint density at radius 2 is 1.76 bits per heavy atom. The number of rotatable bonds is 4. The minimum absolute atomic E-state index is 0.0142. The van der Waals surface area contributed by atoms with Crippen LogP contribution in [0, 0.1) is 0 Å². The molecule has 0 atom stereocenters. The van der Waals surface area contributed by atoms with Crippen molar-refractivity contribution < 1.29 is 26.4 Å². The van der Waals surface area contributed by atoms with Crippen LogP contribution in [0.2, 0.25) is 0 Å². The van der Waals surface area contributed by atoms with E-state index in [0.29, 0.717) is 17.1 Å². The second-order valence-electron chi connectivity index (χ2n) is 8.15. The monoisotopic (exact) mass is 488 g/mol. The highest BCUT2D eigenvalue weighted by Gasteiger charge is 2.31. The Balaban J connectivity index is 1.44. The molecule has 3 N–H and O–H groups in total. The van der Waals surface area contributed by atoms with Crippen molar-refractivity contribution in [3.63, 3.8) is 0 Å². The molecule has 1 aromatic heterocycles. The summed E-state index contributed by atoms with van der Waals surface area (Å²) >= 11 is 0. The summed E-state index contributed by atoms with van der Waals surface area (Å²) in [5.74, 6) is 0.149. The zero-order valence-corrected chi connectivity index (χ0v) is 18.5. The molecule has 0 bridgehead atoms. The van der Waals surface area contributed by atoms with E-state index in [2.05, 4.69) is 20.0 Å². The molecule has 1 amide bonds. The minimum Gasteiger partial charge on any atom is -0.342 e. The van der Waals surface area contributed by atoms with Crippen molar-refractivity contribution in [2.75, 3.05) is 10.0 Å². The number of anilines is 2. The second kappa shape index (κ2) is 8.01. The van der Waals surface area contributed by atoms with E-state index in [9.17, 15) is 26.4 Å². The van der Waals surface area contributed by atoms with E-state index in [1.807, 2.05) is 0 Å². The van der Waals surface area contributed by atoms with Crippen LogP contribution in [0.4, 0.5) is 24.5 Å². The van der Waals surface area contributed by atoms with Crippen LogP contribution in [0.15, 0.2) is 47.4 Å². The lowest BCUT2D eigenvalue weighted by atomic mass is 10.0. The van der Waals surface area contributed by atoms with Crippen LogP contribution in [0.1, 0.15) is 41.2 Å². The van der Waals surface area contributed by atoms with Gasteiger partial charge in [0.15, 0.2) is 0 Å². The third kappa shape index (κ3) is 4.18. The van der Waals surface area contributed by atoms with Crippen LogP contribution >= 0.6 is 0 Å². The third-order valence-corrected chi connectivity index (χ3v) is 7.18. The van der Waals surface area contributed by atoms with Gasteiger partial charge in [0, 0.05) is 22.6 Å². The van der Waals surface area contributed by atoms with Crippen molar-refractivity contribution in [3.05, 3.63) is 70.8 Å². The summed E-state index contributed by atoms with van der Waals surface area (Å²) in [6.45, 7) is 0. The Labute approximate surface area is 193 Å². The predicted octanol–water partition coefficient (Wildman–Crippen LogP) is 4.60. The van der Waals surface area contributed by atoms with Gasteiger partial charge in [-0.15, -0.1) is 0 Å². The number of aryl methyl sites for hydroxylation is 2. The molecule has 1 aliphatic carbocycles. The fraction of sp³-hybridized carbons (Fsp3) is 0.217. The number of nitrogens with one attached hydrogen (secondary N) is 3. The summed E-state index contributed by atoms with van der Waals surface area (Å²) in [5.41, 5.74) is 2.26. The number of hydrogen-bond acceptors (Lipinski definition) is 4. The van der Waals surface area contributed by atoms with E-state index in [0.717, 1.165) is 61.3 Å². The van der Waals surface area contributed by atoms with E-state index in [1.165, 1.54) is 18.2 Å². The van der Waals surface area contributed by atoms with Gasteiger partial charge < -0.3 is 10.3 Å². The van der Waals surface area contributed by atoms with Crippen LogP contribution in [0.25, 0.3) is 11.6 Å². The van der Waals surface area contributed by atoms with Crippen molar-refractivity contribution in [2.24, 2.45) is 0 Å². The fourth-order valence-corrected chi connectivity index (χ4v) is 5.18. The first kappa shape index (κ1) is 22.2. The minimum atomic E-state index is -4.52. The van der Waals surface area contributed by atoms with Gasteiger partial charge in [0.2, 0.25) is 0 Å². The number of benzene rings is 2. The van der Waals surface area contributed by atoms with Crippen LogP contribution in [-0.2, 0) is 33.8 Å². The second-order valence-corrected chi connectivity index (χ2v) is 9.84. The van der Waals surface area contributed by atoms with Crippen LogP contribution in [0.3, 0.4) is 0 Å². The van der Waals surface area contributed by atoms with Gasteiger partial charge >= 0.3 is 6.18 Å².